The molecule has 4 aliphatic heterocycles. The molecule has 45 heavy (non-hydrogen) atoms. The Morgan fingerprint density at radius 1 is 0.333 bits per heavy atom. The zero-order valence-corrected chi connectivity index (χ0v) is 23.5. The van der Waals surface area contributed by atoms with Crippen LogP contribution in [-0.2, 0) is 33.2 Å². The smallest absolute Gasteiger partial charge is 0.187 e. The second kappa shape index (κ2) is 15.6. The number of aliphatic hydroxyl groups excluding tert-OH is 14. The van der Waals surface area contributed by atoms with Gasteiger partial charge in [-0.2, -0.15) is 0 Å². The highest BCUT2D eigenvalue weighted by molar-refractivity contribution is 4.97. The van der Waals surface area contributed by atoms with Crippen LogP contribution in [0, 0.1) is 0 Å². The molecule has 21 heteroatoms. The van der Waals surface area contributed by atoms with Gasteiger partial charge in [-0.15, -0.1) is 0 Å². The molecule has 4 heterocycles. The number of hydrogen-bond acceptors (Lipinski definition) is 21. The van der Waals surface area contributed by atoms with Crippen LogP contribution in [0.2, 0.25) is 0 Å². The zero-order valence-electron chi connectivity index (χ0n) is 23.5. The molecule has 4 rings (SSSR count). The van der Waals surface area contributed by atoms with Gasteiger partial charge in [-0.3, -0.25) is 0 Å². The number of rotatable bonds is 10. The third-order valence-electron chi connectivity index (χ3n) is 8.20. The molecule has 264 valence electrons. The van der Waals surface area contributed by atoms with Crippen molar-refractivity contribution in [2.75, 3.05) is 26.4 Å². The van der Waals surface area contributed by atoms with Crippen LogP contribution in [0.5, 0.6) is 0 Å². The second-order valence-electron chi connectivity index (χ2n) is 11.1. The van der Waals surface area contributed by atoms with Crippen molar-refractivity contribution >= 4 is 0 Å². The van der Waals surface area contributed by atoms with Crippen LogP contribution in [0.3, 0.4) is 0 Å². The van der Waals surface area contributed by atoms with E-state index in [0.29, 0.717) is 0 Å². The maximum absolute atomic E-state index is 10.9. The fourth-order valence-electron chi connectivity index (χ4n) is 5.54. The van der Waals surface area contributed by atoms with Crippen molar-refractivity contribution in [3.05, 3.63) is 0 Å². The van der Waals surface area contributed by atoms with Crippen molar-refractivity contribution in [1.82, 2.24) is 0 Å². The van der Waals surface area contributed by atoms with Gasteiger partial charge in [-0.25, -0.2) is 0 Å². The Bertz CT molecular complexity index is 912. The standard InChI is InChI=1S/C24H42O21/c25-1-5-9(29)11(31)14(34)22(40-5)43-18-7(3-27)41-23(15(35)12(18)32)44-19-8(4-28)42-24(16(36)13(19)33)45-20-10(30)6(2-26)39-21(38)17(20)37/h5-38H,1-4H2/t5-,6-,7-,8-,9-,10+,11+,12-,13-,14-,15-,16-,17-,18-,19-,20+,21?,22+,23+,24+/m1/s1. The second-order valence-corrected chi connectivity index (χ2v) is 11.1. The van der Waals surface area contributed by atoms with Crippen LogP contribution in [0.1, 0.15) is 0 Å². The van der Waals surface area contributed by atoms with Gasteiger partial charge in [0.2, 0.25) is 0 Å². The van der Waals surface area contributed by atoms with Crippen molar-refractivity contribution in [1.29, 1.82) is 0 Å². The van der Waals surface area contributed by atoms with E-state index in [0.717, 1.165) is 0 Å². The summed E-state index contributed by atoms with van der Waals surface area (Å²) in [5, 5.41) is 142. The molecule has 0 bridgehead atoms. The van der Waals surface area contributed by atoms with E-state index in [1.54, 1.807) is 0 Å². The van der Waals surface area contributed by atoms with Crippen LogP contribution in [-0.4, -0.2) is 221 Å². The maximum atomic E-state index is 10.9. The normalized spacial score (nSPS) is 52.9. The molecule has 0 amide bonds. The molecular formula is C24H42O21. The molecule has 4 saturated heterocycles. The molecule has 0 aromatic rings. The third-order valence-corrected chi connectivity index (χ3v) is 8.20. The van der Waals surface area contributed by atoms with Gasteiger partial charge >= 0.3 is 0 Å². The Balaban J connectivity index is 1.43. The lowest BCUT2D eigenvalue weighted by molar-refractivity contribution is -0.387. The first-order valence-corrected chi connectivity index (χ1v) is 14.1. The molecule has 1 unspecified atom stereocenters. The van der Waals surface area contributed by atoms with E-state index in [-0.39, 0.29) is 0 Å². The van der Waals surface area contributed by atoms with Gasteiger partial charge in [-0.1, -0.05) is 0 Å². The van der Waals surface area contributed by atoms with Gasteiger partial charge in [0, 0.05) is 0 Å². The quantitative estimate of drug-likeness (QED) is 0.103. The van der Waals surface area contributed by atoms with E-state index in [1.807, 2.05) is 0 Å². The molecule has 0 radical (unpaired) electrons. The average Bonchev–Trinajstić information content (AvgIpc) is 3.03. The van der Waals surface area contributed by atoms with Gasteiger partial charge in [0.15, 0.2) is 25.2 Å². The molecule has 0 aromatic heterocycles. The van der Waals surface area contributed by atoms with Crippen LogP contribution in [0.4, 0.5) is 0 Å². The Morgan fingerprint density at radius 3 is 1.11 bits per heavy atom. The minimum Gasteiger partial charge on any atom is -0.394 e. The summed E-state index contributed by atoms with van der Waals surface area (Å²) >= 11 is 0. The minimum absolute atomic E-state index is 0.782. The van der Waals surface area contributed by atoms with Crippen molar-refractivity contribution in [2.24, 2.45) is 0 Å². The third kappa shape index (κ3) is 7.44. The maximum Gasteiger partial charge on any atom is 0.187 e. The first kappa shape index (κ1) is 37.0. The van der Waals surface area contributed by atoms with Crippen LogP contribution in [0.15, 0.2) is 0 Å². The summed E-state index contributed by atoms with van der Waals surface area (Å²) in [6, 6.07) is 0. The predicted molar refractivity (Wildman–Crippen MR) is 134 cm³/mol. The van der Waals surface area contributed by atoms with Gasteiger partial charge < -0.3 is 105 Å². The van der Waals surface area contributed by atoms with E-state index in [1.165, 1.54) is 0 Å². The van der Waals surface area contributed by atoms with Gasteiger partial charge in [-0.05, 0) is 0 Å². The lowest BCUT2D eigenvalue weighted by atomic mass is 9.95. The first-order valence-electron chi connectivity index (χ1n) is 14.1. The summed E-state index contributed by atoms with van der Waals surface area (Å²) in [7, 11) is 0. The topological polar surface area (TPSA) is 348 Å². The van der Waals surface area contributed by atoms with Gasteiger partial charge in [0.1, 0.15) is 97.7 Å². The van der Waals surface area contributed by atoms with Crippen molar-refractivity contribution < 1.29 is 105 Å². The molecule has 0 aliphatic carbocycles. The summed E-state index contributed by atoms with van der Waals surface area (Å²) in [4.78, 5) is 0. The van der Waals surface area contributed by atoms with E-state index in [2.05, 4.69) is 0 Å². The molecule has 20 atom stereocenters. The van der Waals surface area contributed by atoms with E-state index in [4.69, 9.17) is 33.2 Å². The van der Waals surface area contributed by atoms with E-state index in [9.17, 15) is 71.5 Å². The highest BCUT2D eigenvalue weighted by atomic mass is 16.8. The molecule has 0 aromatic carbocycles. The monoisotopic (exact) mass is 666 g/mol. The lowest BCUT2D eigenvalue weighted by Crippen LogP contribution is -2.67. The Kier molecular flexibility index (Phi) is 12.8. The Hall–Kier alpha value is -0.840. The van der Waals surface area contributed by atoms with Crippen LogP contribution in [0.25, 0.3) is 0 Å². The van der Waals surface area contributed by atoms with Crippen molar-refractivity contribution in [3.8, 4) is 0 Å². The van der Waals surface area contributed by atoms with Crippen molar-refractivity contribution in [3.63, 3.8) is 0 Å². The van der Waals surface area contributed by atoms with Crippen molar-refractivity contribution in [2.45, 2.75) is 123 Å². The fourth-order valence-corrected chi connectivity index (χ4v) is 5.54. The first-order chi connectivity index (χ1) is 21.3. The zero-order chi connectivity index (χ0) is 33.3. The van der Waals surface area contributed by atoms with E-state index < -0.39 is 149 Å². The minimum atomic E-state index is -2.02. The Labute approximate surface area is 254 Å². The Morgan fingerprint density at radius 2 is 0.689 bits per heavy atom. The fraction of sp³-hybridized carbons (Fsp3) is 1.00. The average molecular weight is 667 g/mol. The molecule has 14 N–H and O–H groups in total. The summed E-state index contributed by atoms with van der Waals surface area (Å²) < 4.78 is 37.5. The molecule has 4 fully saturated rings. The number of aliphatic hydroxyl groups is 14. The molecule has 21 nitrogen and oxygen atoms in total. The molecule has 0 saturated carbocycles. The van der Waals surface area contributed by atoms with E-state index >= 15 is 0 Å². The molecule has 4 aliphatic rings. The lowest BCUT2D eigenvalue weighted by Gasteiger charge is -2.48. The summed E-state index contributed by atoms with van der Waals surface area (Å²) in [5.74, 6) is 0. The highest BCUT2D eigenvalue weighted by Gasteiger charge is 2.55. The molecule has 0 spiro atoms. The predicted octanol–water partition coefficient (Wildman–Crippen LogP) is -9.75. The SMILES string of the molecule is OC[C@H]1OC(O)[C@H](O)[C@@H](O[C@@H]2O[C@H](CO)[C@@H](O[C@@H]3O[C@H](CO)[C@@H](O[C@@H]4O[C@H](CO)[C@@H](O)[C@H](O)[C@H]4O)[C@H](O)[C@H]3O)[C@H](O)[C@H]2O)[C@H]1O. The largest absolute Gasteiger partial charge is 0.394 e. The van der Waals surface area contributed by atoms with Crippen LogP contribution >= 0.6 is 0 Å². The number of hydrogen-bond donors (Lipinski definition) is 14. The van der Waals surface area contributed by atoms with Gasteiger partial charge in [0.25, 0.3) is 0 Å². The highest BCUT2D eigenvalue weighted by Crippen LogP contribution is 2.34. The summed E-state index contributed by atoms with van der Waals surface area (Å²) in [6.45, 7) is -3.37. The summed E-state index contributed by atoms with van der Waals surface area (Å²) in [6.07, 6.45) is -35.4. The summed E-state index contributed by atoms with van der Waals surface area (Å²) in [5.41, 5.74) is 0. The van der Waals surface area contributed by atoms with Gasteiger partial charge in [0.05, 0.1) is 26.4 Å². The van der Waals surface area contributed by atoms with Crippen LogP contribution < -0.4 is 0 Å². The molecular weight excluding hydrogens is 624 g/mol. The number of ether oxygens (including phenoxy) is 7.